The second kappa shape index (κ2) is 9.43. The van der Waals surface area contributed by atoms with Crippen LogP contribution in [0.25, 0.3) is 0 Å². The van der Waals surface area contributed by atoms with Gasteiger partial charge in [-0.25, -0.2) is 0 Å². The van der Waals surface area contributed by atoms with Crippen molar-refractivity contribution in [2.24, 2.45) is 0 Å². The van der Waals surface area contributed by atoms with Gasteiger partial charge in [0.25, 0.3) is 5.91 Å². The lowest BCUT2D eigenvalue weighted by molar-refractivity contribution is 0.102. The van der Waals surface area contributed by atoms with E-state index in [9.17, 15) is 4.79 Å². The van der Waals surface area contributed by atoms with Gasteiger partial charge >= 0.3 is 0 Å². The summed E-state index contributed by atoms with van der Waals surface area (Å²) in [5.74, 6) is 1.11. The quantitative estimate of drug-likeness (QED) is 0.472. The molecule has 0 heterocycles. The Morgan fingerprint density at radius 2 is 1.96 bits per heavy atom. The Balaban J connectivity index is 2.27. The number of carbonyl (C=O) groups is 1. The second-order valence-corrected chi connectivity index (χ2v) is 7.50. The molecular formula is C19H21BrINO3. The van der Waals surface area contributed by atoms with Crippen molar-refractivity contribution in [3.8, 4) is 11.5 Å². The molecule has 0 aliphatic carbocycles. The Bertz CT molecular complexity index is 765. The average molecular weight is 518 g/mol. The fraction of sp³-hybridized carbons (Fsp3) is 0.316. The van der Waals surface area contributed by atoms with Gasteiger partial charge in [0.05, 0.1) is 16.8 Å². The minimum absolute atomic E-state index is 0.178. The molecular weight excluding hydrogens is 497 g/mol. The second-order valence-electron chi connectivity index (χ2n) is 5.48. The van der Waals surface area contributed by atoms with Crippen molar-refractivity contribution in [3.63, 3.8) is 0 Å². The zero-order chi connectivity index (χ0) is 18.4. The first-order valence-electron chi connectivity index (χ1n) is 8.12. The molecule has 1 N–H and O–H groups in total. The highest BCUT2D eigenvalue weighted by molar-refractivity contribution is 14.1. The Kier molecular flexibility index (Phi) is 7.56. The van der Waals surface area contributed by atoms with Crippen molar-refractivity contribution in [2.75, 3.05) is 18.5 Å². The summed E-state index contributed by atoms with van der Waals surface area (Å²) in [5, 5.41) is 2.93. The highest BCUT2D eigenvalue weighted by Crippen LogP contribution is 2.34. The van der Waals surface area contributed by atoms with Crippen LogP contribution in [0.4, 0.5) is 5.69 Å². The predicted molar refractivity (Wildman–Crippen MR) is 113 cm³/mol. The smallest absolute Gasteiger partial charge is 0.255 e. The summed E-state index contributed by atoms with van der Waals surface area (Å²) < 4.78 is 13.3. The molecule has 0 atom stereocenters. The lowest BCUT2D eigenvalue weighted by atomic mass is 10.1. The van der Waals surface area contributed by atoms with Gasteiger partial charge in [0.15, 0.2) is 11.5 Å². The number of halogens is 2. The van der Waals surface area contributed by atoms with Gasteiger partial charge in [0, 0.05) is 15.7 Å². The molecule has 0 unspecified atom stereocenters. The van der Waals surface area contributed by atoms with E-state index >= 15 is 0 Å². The summed E-state index contributed by atoms with van der Waals surface area (Å²) in [6.45, 7) is 7.06. The predicted octanol–water partition coefficient (Wildman–Crippen LogP) is 5.80. The summed E-state index contributed by atoms with van der Waals surface area (Å²) in [6, 6.07) is 9.26. The fourth-order valence-corrected chi connectivity index (χ4v) is 3.24. The lowest BCUT2D eigenvalue weighted by Crippen LogP contribution is -2.13. The van der Waals surface area contributed by atoms with Crippen LogP contribution in [0.15, 0.2) is 34.8 Å². The van der Waals surface area contributed by atoms with Gasteiger partial charge in [-0.3, -0.25) is 4.79 Å². The van der Waals surface area contributed by atoms with E-state index in [0.29, 0.717) is 30.3 Å². The van der Waals surface area contributed by atoms with Gasteiger partial charge < -0.3 is 14.8 Å². The number of hydrogen-bond acceptors (Lipinski definition) is 3. The van der Waals surface area contributed by atoms with Crippen LogP contribution in [0.3, 0.4) is 0 Å². The molecule has 1 amide bonds. The Labute approximate surface area is 170 Å². The minimum atomic E-state index is -0.178. The first-order valence-corrected chi connectivity index (χ1v) is 10.00. The minimum Gasteiger partial charge on any atom is -0.490 e. The fourth-order valence-electron chi connectivity index (χ4n) is 2.23. The third-order valence-electron chi connectivity index (χ3n) is 3.44. The molecule has 0 aromatic heterocycles. The number of nitrogens with one attached hydrogen (secondary N) is 1. The van der Waals surface area contributed by atoms with Gasteiger partial charge in [0.2, 0.25) is 0 Å². The van der Waals surface area contributed by atoms with Crippen molar-refractivity contribution in [2.45, 2.75) is 27.2 Å². The third kappa shape index (κ3) is 5.34. The number of anilines is 1. The maximum Gasteiger partial charge on any atom is 0.255 e. The van der Waals surface area contributed by atoms with Crippen LogP contribution < -0.4 is 14.8 Å². The molecule has 4 nitrogen and oxygen atoms in total. The molecule has 0 aliphatic rings. The van der Waals surface area contributed by atoms with E-state index in [4.69, 9.17) is 9.47 Å². The van der Waals surface area contributed by atoms with Crippen LogP contribution in [-0.4, -0.2) is 19.1 Å². The molecule has 25 heavy (non-hydrogen) atoms. The van der Waals surface area contributed by atoms with Crippen LogP contribution >= 0.6 is 38.5 Å². The van der Waals surface area contributed by atoms with Crippen LogP contribution in [0.5, 0.6) is 11.5 Å². The van der Waals surface area contributed by atoms with Crippen molar-refractivity contribution in [3.05, 3.63) is 49.5 Å². The van der Waals surface area contributed by atoms with Gasteiger partial charge in [-0.1, -0.05) is 22.9 Å². The van der Waals surface area contributed by atoms with Gasteiger partial charge in [-0.15, -0.1) is 0 Å². The summed E-state index contributed by atoms with van der Waals surface area (Å²) >= 11 is 5.64. The summed E-state index contributed by atoms with van der Waals surface area (Å²) in [6.07, 6.45) is 0.910. The van der Waals surface area contributed by atoms with E-state index < -0.39 is 0 Å². The summed E-state index contributed by atoms with van der Waals surface area (Å²) in [4.78, 5) is 12.6. The molecule has 0 fully saturated rings. The highest BCUT2D eigenvalue weighted by atomic mass is 127. The normalized spacial score (nSPS) is 10.4. The van der Waals surface area contributed by atoms with E-state index in [2.05, 4.69) is 50.8 Å². The first kappa shape index (κ1) is 20.0. The Morgan fingerprint density at radius 1 is 1.20 bits per heavy atom. The number of carbonyl (C=O) groups excluding carboxylic acids is 1. The standard InChI is InChI=1S/C19H21BrINO3/c1-4-8-25-18-16(21)10-13(11-17(18)24-5-2)19(23)22-14-6-7-15(20)12(3)9-14/h6-7,9-11H,4-5,8H2,1-3H3,(H,22,23). The van der Waals surface area contributed by atoms with Gasteiger partial charge in [-0.05, 0) is 78.8 Å². The van der Waals surface area contributed by atoms with Crippen molar-refractivity contribution < 1.29 is 14.3 Å². The van der Waals surface area contributed by atoms with Crippen LogP contribution in [-0.2, 0) is 0 Å². The number of amides is 1. The monoisotopic (exact) mass is 517 g/mol. The lowest BCUT2D eigenvalue weighted by Gasteiger charge is -2.15. The number of hydrogen-bond donors (Lipinski definition) is 1. The van der Waals surface area contributed by atoms with Crippen LogP contribution in [0.1, 0.15) is 36.2 Å². The summed E-state index contributed by atoms with van der Waals surface area (Å²) in [7, 11) is 0. The van der Waals surface area contributed by atoms with Crippen molar-refractivity contribution in [1.29, 1.82) is 0 Å². The zero-order valence-corrected chi connectivity index (χ0v) is 18.2. The maximum atomic E-state index is 12.6. The molecule has 134 valence electrons. The van der Waals surface area contributed by atoms with Gasteiger partial charge in [0.1, 0.15) is 0 Å². The number of ether oxygens (including phenoxy) is 2. The Hall–Kier alpha value is -1.28. The van der Waals surface area contributed by atoms with E-state index in [1.165, 1.54) is 0 Å². The molecule has 6 heteroatoms. The number of benzene rings is 2. The van der Waals surface area contributed by atoms with Crippen LogP contribution in [0, 0.1) is 10.5 Å². The molecule has 0 bridgehead atoms. The molecule has 0 saturated carbocycles. The summed E-state index contributed by atoms with van der Waals surface area (Å²) in [5.41, 5.74) is 2.35. The average Bonchev–Trinajstić information content (AvgIpc) is 2.57. The van der Waals surface area contributed by atoms with Crippen LogP contribution in [0.2, 0.25) is 0 Å². The van der Waals surface area contributed by atoms with Crippen molar-refractivity contribution >= 4 is 50.1 Å². The Morgan fingerprint density at radius 3 is 2.60 bits per heavy atom. The number of aryl methyl sites for hydroxylation is 1. The molecule has 0 saturated heterocycles. The molecule has 0 spiro atoms. The first-order chi connectivity index (χ1) is 12.0. The van der Waals surface area contributed by atoms with E-state index in [1.54, 1.807) is 6.07 Å². The maximum absolute atomic E-state index is 12.6. The molecule has 0 radical (unpaired) electrons. The number of rotatable bonds is 7. The van der Waals surface area contributed by atoms with E-state index in [-0.39, 0.29) is 5.91 Å². The largest absolute Gasteiger partial charge is 0.490 e. The topological polar surface area (TPSA) is 47.6 Å². The molecule has 0 aliphatic heterocycles. The van der Waals surface area contributed by atoms with Gasteiger partial charge in [-0.2, -0.15) is 0 Å². The molecule has 2 rings (SSSR count). The third-order valence-corrected chi connectivity index (χ3v) is 5.13. The highest BCUT2D eigenvalue weighted by Gasteiger charge is 2.16. The van der Waals surface area contributed by atoms with Crippen molar-refractivity contribution in [1.82, 2.24) is 0 Å². The molecule has 2 aromatic rings. The molecule has 2 aromatic carbocycles. The SMILES string of the molecule is CCCOc1c(I)cc(C(=O)Nc2ccc(Br)c(C)c2)cc1OCC. The zero-order valence-electron chi connectivity index (χ0n) is 14.5. The van der Waals surface area contributed by atoms with E-state index in [1.807, 2.05) is 38.1 Å². The van der Waals surface area contributed by atoms with E-state index in [0.717, 1.165) is 25.7 Å².